The first-order valence-corrected chi connectivity index (χ1v) is 8.57. The van der Waals surface area contributed by atoms with Gasteiger partial charge in [0.1, 0.15) is 19.2 Å². The molecule has 0 atom stereocenters. The maximum atomic E-state index is 12.3. The smallest absolute Gasteiger partial charge is 0.244 e. The molecule has 1 aromatic carbocycles. The van der Waals surface area contributed by atoms with Crippen LogP contribution in [-0.4, -0.2) is 63.2 Å². The molecule has 2 heterocycles. The van der Waals surface area contributed by atoms with E-state index in [1.54, 1.807) is 11.0 Å². The quantitative estimate of drug-likeness (QED) is 0.747. The zero-order valence-electron chi connectivity index (χ0n) is 15.0. The highest BCUT2D eigenvalue weighted by molar-refractivity contribution is 5.85. The number of piperidine rings is 1. The van der Waals surface area contributed by atoms with Gasteiger partial charge in [-0.15, -0.1) is 24.8 Å². The molecule has 144 valence electrons. The molecule has 1 aliphatic rings. The summed E-state index contributed by atoms with van der Waals surface area (Å²) in [6.45, 7) is 3.00. The fraction of sp³-hybridized carbons (Fsp3) is 0.500. The van der Waals surface area contributed by atoms with Gasteiger partial charge in [0.05, 0.1) is 0 Å². The van der Waals surface area contributed by atoms with Crippen molar-refractivity contribution >= 4 is 30.7 Å². The van der Waals surface area contributed by atoms with E-state index in [0.29, 0.717) is 6.04 Å². The zero-order valence-corrected chi connectivity index (χ0v) is 16.7. The molecule has 2 aromatic rings. The zero-order chi connectivity index (χ0) is 16.8. The Labute approximate surface area is 167 Å². The number of likely N-dealkylation sites (N-methyl/N-ethyl adjacent to an activating group) is 1. The van der Waals surface area contributed by atoms with E-state index in [0.717, 1.165) is 38.9 Å². The molecule has 0 unspecified atom stereocenters. The Kier molecular flexibility index (Phi) is 9.62. The molecule has 3 rings (SSSR count). The topological polar surface area (TPSA) is 54.3 Å². The minimum absolute atomic E-state index is 0. The maximum Gasteiger partial charge on any atom is 0.244 e. The Balaban J connectivity index is 0.00000169. The third-order valence-corrected chi connectivity index (χ3v) is 4.80. The highest BCUT2D eigenvalue weighted by Gasteiger charge is 2.25. The molecule has 0 N–H and O–H groups in total. The van der Waals surface area contributed by atoms with Crippen LogP contribution in [0, 0.1) is 0 Å². The summed E-state index contributed by atoms with van der Waals surface area (Å²) in [7, 11) is 2.19. The van der Waals surface area contributed by atoms with Gasteiger partial charge in [-0.25, -0.2) is 9.67 Å². The lowest BCUT2D eigenvalue weighted by atomic mass is 10.0. The van der Waals surface area contributed by atoms with Crippen LogP contribution in [0.15, 0.2) is 43.0 Å². The second-order valence-corrected chi connectivity index (χ2v) is 6.42. The van der Waals surface area contributed by atoms with Crippen molar-refractivity contribution in [1.29, 1.82) is 0 Å². The van der Waals surface area contributed by atoms with E-state index in [-0.39, 0.29) is 37.3 Å². The van der Waals surface area contributed by atoms with Crippen LogP contribution < -0.4 is 0 Å². The fourth-order valence-corrected chi connectivity index (χ4v) is 3.24. The molecule has 26 heavy (non-hydrogen) atoms. The van der Waals surface area contributed by atoms with Crippen molar-refractivity contribution in [3.05, 3.63) is 48.5 Å². The summed E-state index contributed by atoms with van der Waals surface area (Å²) in [4.78, 5) is 20.5. The summed E-state index contributed by atoms with van der Waals surface area (Å²) in [6, 6.07) is 11.2. The molecular formula is C18H27Cl2N5O. The third-order valence-electron chi connectivity index (χ3n) is 4.80. The lowest BCUT2D eigenvalue weighted by molar-refractivity contribution is -0.133. The Bertz CT molecular complexity index is 630. The van der Waals surface area contributed by atoms with Crippen molar-refractivity contribution in [2.24, 2.45) is 0 Å². The van der Waals surface area contributed by atoms with E-state index in [1.165, 1.54) is 11.9 Å². The van der Waals surface area contributed by atoms with Gasteiger partial charge in [-0.1, -0.05) is 30.3 Å². The molecular weight excluding hydrogens is 373 g/mol. The largest absolute Gasteiger partial charge is 0.341 e. The van der Waals surface area contributed by atoms with Gasteiger partial charge >= 0.3 is 0 Å². The van der Waals surface area contributed by atoms with Gasteiger partial charge in [-0.05, 0) is 31.9 Å². The molecule has 1 saturated heterocycles. The van der Waals surface area contributed by atoms with Crippen molar-refractivity contribution in [2.75, 3.05) is 26.7 Å². The van der Waals surface area contributed by atoms with Crippen molar-refractivity contribution in [3.63, 3.8) is 0 Å². The number of hydrogen-bond donors (Lipinski definition) is 0. The summed E-state index contributed by atoms with van der Waals surface area (Å²) in [5.74, 6) is 0.130. The van der Waals surface area contributed by atoms with Crippen molar-refractivity contribution in [3.8, 4) is 0 Å². The standard InChI is InChI=1S/C18H25N5O.2ClH/c1-21(10-7-16-5-3-2-4-6-16)17-8-11-22(12-9-17)18(24)13-23-15-19-14-20-23;;/h2-6,14-15,17H,7-13H2,1H3;2*1H. The summed E-state index contributed by atoms with van der Waals surface area (Å²) < 4.78 is 1.58. The van der Waals surface area contributed by atoms with Gasteiger partial charge in [-0.3, -0.25) is 4.79 Å². The number of benzene rings is 1. The third kappa shape index (κ3) is 6.27. The first kappa shape index (κ1) is 22.4. The van der Waals surface area contributed by atoms with Gasteiger partial charge in [0, 0.05) is 25.7 Å². The molecule has 0 saturated carbocycles. The number of rotatable bonds is 6. The minimum atomic E-state index is 0. The second kappa shape index (κ2) is 11.2. The van der Waals surface area contributed by atoms with Crippen LogP contribution in [0.25, 0.3) is 0 Å². The van der Waals surface area contributed by atoms with Gasteiger partial charge in [0.15, 0.2) is 0 Å². The van der Waals surface area contributed by atoms with E-state index in [9.17, 15) is 4.79 Å². The van der Waals surface area contributed by atoms with Gasteiger partial charge < -0.3 is 9.80 Å². The van der Waals surface area contributed by atoms with E-state index in [4.69, 9.17) is 0 Å². The number of hydrogen-bond acceptors (Lipinski definition) is 4. The van der Waals surface area contributed by atoms with Crippen LogP contribution >= 0.6 is 24.8 Å². The summed E-state index contributed by atoms with van der Waals surface area (Å²) in [5, 5.41) is 4.00. The lowest BCUT2D eigenvalue weighted by Crippen LogP contribution is -2.46. The molecule has 1 fully saturated rings. The van der Waals surface area contributed by atoms with E-state index < -0.39 is 0 Å². The lowest BCUT2D eigenvalue weighted by Gasteiger charge is -2.36. The first-order valence-electron chi connectivity index (χ1n) is 8.57. The molecule has 0 bridgehead atoms. The molecule has 1 aliphatic heterocycles. The maximum absolute atomic E-state index is 12.3. The van der Waals surface area contributed by atoms with Crippen LogP contribution in [0.5, 0.6) is 0 Å². The number of amides is 1. The molecule has 0 aliphatic carbocycles. The Morgan fingerprint density at radius 1 is 1.19 bits per heavy atom. The first-order chi connectivity index (χ1) is 11.7. The molecule has 0 radical (unpaired) electrons. The average molecular weight is 400 g/mol. The van der Waals surface area contributed by atoms with E-state index in [1.807, 2.05) is 4.90 Å². The predicted octanol–water partition coefficient (Wildman–Crippen LogP) is 2.29. The van der Waals surface area contributed by atoms with Crippen LogP contribution in [0.3, 0.4) is 0 Å². The summed E-state index contributed by atoms with van der Waals surface area (Å²) >= 11 is 0. The van der Waals surface area contributed by atoms with Crippen LogP contribution in [0.4, 0.5) is 0 Å². The summed E-state index contributed by atoms with van der Waals surface area (Å²) in [6.07, 6.45) is 6.19. The molecule has 8 heteroatoms. The minimum Gasteiger partial charge on any atom is -0.341 e. The average Bonchev–Trinajstić information content (AvgIpc) is 3.13. The van der Waals surface area contributed by atoms with Crippen molar-refractivity contribution in [2.45, 2.75) is 31.8 Å². The monoisotopic (exact) mass is 399 g/mol. The van der Waals surface area contributed by atoms with E-state index in [2.05, 4.69) is 52.4 Å². The number of carbonyl (C=O) groups excluding carboxylic acids is 1. The number of nitrogens with zero attached hydrogens (tertiary/aromatic N) is 5. The van der Waals surface area contributed by atoms with Crippen LogP contribution in [0.1, 0.15) is 18.4 Å². The number of aromatic nitrogens is 3. The second-order valence-electron chi connectivity index (χ2n) is 6.42. The summed E-state index contributed by atoms with van der Waals surface area (Å²) in [5.41, 5.74) is 1.38. The molecule has 1 aromatic heterocycles. The fourth-order valence-electron chi connectivity index (χ4n) is 3.24. The number of likely N-dealkylation sites (tertiary alicyclic amines) is 1. The molecule has 6 nitrogen and oxygen atoms in total. The van der Waals surface area contributed by atoms with Crippen molar-refractivity contribution in [1.82, 2.24) is 24.6 Å². The Hall–Kier alpha value is -1.63. The van der Waals surface area contributed by atoms with Gasteiger partial charge in [-0.2, -0.15) is 5.10 Å². The number of carbonyl (C=O) groups is 1. The Morgan fingerprint density at radius 3 is 2.50 bits per heavy atom. The van der Waals surface area contributed by atoms with Crippen LogP contribution in [0.2, 0.25) is 0 Å². The molecule has 0 spiro atoms. The normalized spacial score (nSPS) is 14.6. The SMILES string of the molecule is CN(CCc1ccccc1)C1CCN(C(=O)Cn2cncn2)CC1.Cl.Cl. The van der Waals surface area contributed by atoms with Gasteiger partial charge in [0.2, 0.25) is 5.91 Å². The Morgan fingerprint density at radius 2 is 1.88 bits per heavy atom. The highest BCUT2D eigenvalue weighted by Crippen LogP contribution is 2.16. The molecule has 1 amide bonds. The van der Waals surface area contributed by atoms with Gasteiger partial charge in [0.25, 0.3) is 0 Å². The van der Waals surface area contributed by atoms with Crippen molar-refractivity contribution < 1.29 is 4.79 Å². The highest BCUT2D eigenvalue weighted by atomic mass is 35.5. The van der Waals surface area contributed by atoms with Crippen LogP contribution in [-0.2, 0) is 17.8 Å². The predicted molar refractivity (Wildman–Crippen MR) is 107 cm³/mol. The number of halogens is 2. The van der Waals surface area contributed by atoms with E-state index >= 15 is 0 Å².